The molecule has 0 spiro atoms. The van der Waals surface area contributed by atoms with Gasteiger partial charge in [0.1, 0.15) is 5.82 Å². The fraction of sp³-hybridized carbons (Fsp3) is 0.714. The largest absolute Gasteiger partial charge is 0.394 e. The lowest BCUT2D eigenvalue weighted by Gasteiger charge is -2.52. The Morgan fingerprint density at radius 3 is 3.00 bits per heavy atom. The highest BCUT2D eigenvalue weighted by Gasteiger charge is 2.44. The fourth-order valence-electron chi connectivity index (χ4n) is 3.14. The predicted molar refractivity (Wildman–Crippen MR) is 75.9 cm³/mol. The number of ether oxygens (including phenoxy) is 1. The van der Waals surface area contributed by atoms with Crippen LogP contribution in [0.3, 0.4) is 0 Å². The van der Waals surface area contributed by atoms with Gasteiger partial charge in [-0.05, 0) is 13.8 Å². The third kappa shape index (κ3) is 2.28. The maximum Gasteiger partial charge on any atom is 0.150 e. The summed E-state index contributed by atoms with van der Waals surface area (Å²) in [6.07, 6.45) is 1.79. The summed E-state index contributed by atoms with van der Waals surface area (Å²) < 4.78 is 5.61. The van der Waals surface area contributed by atoms with Crippen LogP contribution in [0, 0.1) is 13.8 Å². The summed E-state index contributed by atoms with van der Waals surface area (Å²) in [7, 11) is 0. The first-order valence-corrected chi connectivity index (χ1v) is 7.13. The quantitative estimate of drug-likeness (QED) is 0.820. The number of fused-ring (bicyclic) bond motifs is 1. The summed E-state index contributed by atoms with van der Waals surface area (Å²) in [5.41, 5.74) is 1.56. The van der Waals surface area contributed by atoms with Gasteiger partial charge >= 0.3 is 0 Å². The minimum absolute atomic E-state index is 0.113. The molecule has 0 bridgehead atoms. The Morgan fingerprint density at radius 1 is 1.35 bits per heavy atom. The lowest BCUT2D eigenvalue weighted by Crippen LogP contribution is -2.69. The molecular weight excluding hydrogens is 256 g/mol. The summed E-state index contributed by atoms with van der Waals surface area (Å²) in [6, 6.07) is 0. The van der Waals surface area contributed by atoms with Crippen molar-refractivity contribution in [2.24, 2.45) is 0 Å². The number of aryl methyl sites for hydroxylation is 2. The number of anilines is 1. The van der Waals surface area contributed by atoms with Crippen molar-refractivity contribution in [2.75, 3.05) is 50.9 Å². The highest BCUT2D eigenvalue weighted by molar-refractivity contribution is 5.44. The molecule has 1 N–H and O–H groups in total. The maximum atomic E-state index is 9.88. The van der Waals surface area contributed by atoms with Crippen molar-refractivity contribution in [3.63, 3.8) is 0 Å². The molecule has 20 heavy (non-hydrogen) atoms. The Kier molecular flexibility index (Phi) is 3.62. The van der Waals surface area contributed by atoms with Gasteiger partial charge in [0.25, 0.3) is 0 Å². The molecule has 2 fully saturated rings. The average molecular weight is 278 g/mol. The van der Waals surface area contributed by atoms with Crippen molar-refractivity contribution >= 4 is 5.82 Å². The van der Waals surface area contributed by atoms with Gasteiger partial charge in [-0.3, -0.25) is 9.88 Å². The highest BCUT2D eigenvalue weighted by atomic mass is 16.5. The molecule has 2 aliphatic rings. The van der Waals surface area contributed by atoms with E-state index in [9.17, 15) is 5.11 Å². The molecule has 1 unspecified atom stereocenters. The lowest BCUT2D eigenvalue weighted by molar-refractivity contribution is -0.0952. The number of rotatable bonds is 2. The monoisotopic (exact) mass is 278 g/mol. The SMILES string of the molecule is Cc1cnc(C)c(N2CCN3CCOCC3(CO)C2)n1. The van der Waals surface area contributed by atoms with E-state index in [1.807, 2.05) is 13.8 Å². The van der Waals surface area contributed by atoms with E-state index in [1.54, 1.807) is 6.20 Å². The standard InChI is InChI=1S/C14H22N4O2/c1-11-7-15-12(2)13(16-11)17-3-4-18-5-6-20-10-14(18,8-17)9-19/h7,19H,3-6,8-10H2,1-2H3. The minimum Gasteiger partial charge on any atom is -0.394 e. The van der Waals surface area contributed by atoms with Crippen molar-refractivity contribution in [2.45, 2.75) is 19.4 Å². The molecule has 3 heterocycles. The van der Waals surface area contributed by atoms with E-state index in [-0.39, 0.29) is 12.1 Å². The van der Waals surface area contributed by atoms with Crippen molar-refractivity contribution in [1.29, 1.82) is 0 Å². The van der Waals surface area contributed by atoms with Crippen LogP contribution in [-0.4, -0.2) is 71.5 Å². The molecule has 0 aromatic carbocycles. The van der Waals surface area contributed by atoms with Gasteiger partial charge in [0.05, 0.1) is 36.7 Å². The zero-order valence-corrected chi connectivity index (χ0v) is 12.2. The topological polar surface area (TPSA) is 61.7 Å². The molecule has 0 amide bonds. The maximum absolute atomic E-state index is 9.88. The van der Waals surface area contributed by atoms with Crippen LogP contribution in [0.1, 0.15) is 11.4 Å². The van der Waals surface area contributed by atoms with Gasteiger partial charge in [0, 0.05) is 32.4 Å². The van der Waals surface area contributed by atoms with Gasteiger partial charge in [-0.15, -0.1) is 0 Å². The molecule has 0 aliphatic carbocycles. The highest BCUT2D eigenvalue weighted by Crippen LogP contribution is 2.28. The van der Waals surface area contributed by atoms with Gasteiger partial charge in [-0.1, -0.05) is 0 Å². The average Bonchev–Trinajstić information content (AvgIpc) is 2.49. The number of aliphatic hydroxyl groups excluding tert-OH is 1. The summed E-state index contributed by atoms with van der Waals surface area (Å²) in [5, 5.41) is 9.88. The molecule has 2 aliphatic heterocycles. The molecule has 1 aromatic rings. The third-order valence-corrected chi connectivity index (χ3v) is 4.32. The van der Waals surface area contributed by atoms with E-state index in [1.165, 1.54) is 0 Å². The Morgan fingerprint density at radius 2 is 2.20 bits per heavy atom. The van der Waals surface area contributed by atoms with Crippen LogP contribution >= 0.6 is 0 Å². The van der Waals surface area contributed by atoms with Crippen LogP contribution in [0.4, 0.5) is 5.82 Å². The number of nitrogens with zero attached hydrogens (tertiary/aromatic N) is 4. The molecule has 0 saturated carbocycles. The van der Waals surface area contributed by atoms with Gasteiger partial charge in [0.2, 0.25) is 0 Å². The Bertz CT molecular complexity index is 496. The summed E-state index contributed by atoms with van der Waals surface area (Å²) in [6.45, 7) is 8.87. The molecule has 6 nitrogen and oxygen atoms in total. The van der Waals surface area contributed by atoms with Crippen LogP contribution in [0.2, 0.25) is 0 Å². The fourth-order valence-corrected chi connectivity index (χ4v) is 3.14. The Hall–Kier alpha value is -1.24. The number of aromatic nitrogens is 2. The van der Waals surface area contributed by atoms with Gasteiger partial charge in [0.15, 0.2) is 0 Å². The molecule has 2 saturated heterocycles. The molecule has 6 heteroatoms. The number of hydrogen-bond donors (Lipinski definition) is 1. The van der Waals surface area contributed by atoms with Gasteiger partial charge in [-0.2, -0.15) is 0 Å². The molecule has 0 radical (unpaired) electrons. The molecule has 110 valence electrons. The Labute approximate surface area is 119 Å². The van der Waals surface area contributed by atoms with E-state index >= 15 is 0 Å². The zero-order valence-electron chi connectivity index (χ0n) is 12.2. The van der Waals surface area contributed by atoms with E-state index in [0.717, 1.165) is 50.0 Å². The minimum atomic E-state index is -0.297. The number of aliphatic hydroxyl groups is 1. The molecule has 1 atom stereocenters. The van der Waals surface area contributed by atoms with E-state index in [0.29, 0.717) is 6.61 Å². The second kappa shape index (κ2) is 5.27. The first-order valence-electron chi connectivity index (χ1n) is 7.13. The first-order chi connectivity index (χ1) is 9.64. The van der Waals surface area contributed by atoms with Crippen molar-refractivity contribution in [3.05, 3.63) is 17.6 Å². The Balaban J connectivity index is 1.87. The summed E-state index contributed by atoms with van der Waals surface area (Å²) >= 11 is 0. The first kappa shape index (κ1) is 13.7. The van der Waals surface area contributed by atoms with Crippen molar-refractivity contribution < 1.29 is 9.84 Å². The van der Waals surface area contributed by atoms with Crippen LogP contribution in [0.5, 0.6) is 0 Å². The predicted octanol–water partition coefficient (Wildman–Crippen LogP) is -0.0233. The van der Waals surface area contributed by atoms with Crippen molar-refractivity contribution in [3.8, 4) is 0 Å². The van der Waals surface area contributed by atoms with E-state index < -0.39 is 0 Å². The van der Waals surface area contributed by atoms with E-state index in [4.69, 9.17) is 4.74 Å². The normalized spacial score (nSPS) is 27.4. The molecule has 1 aromatic heterocycles. The van der Waals surface area contributed by atoms with Crippen LogP contribution in [0.15, 0.2) is 6.20 Å². The second-order valence-electron chi connectivity index (χ2n) is 5.76. The number of morpholine rings is 1. The number of hydrogen-bond acceptors (Lipinski definition) is 6. The van der Waals surface area contributed by atoms with E-state index in [2.05, 4.69) is 19.8 Å². The summed E-state index contributed by atoms with van der Waals surface area (Å²) in [5.74, 6) is 0.933. The van der Waals surface area contributed by atoms with Crippen molar-refractivity contribution in [1.82, 2.24) is 14.9 Å². The second-order valence-corrected chi connectivity index (χ2v) is 5.76. The molecule has 3 rings (SSSR count). The summed E-state index contributed by atoms with van der Waals surface area (Å²) in [4.78, 5) is 13.6. The zero-order chi connectivity index (χ0) is 14.2. The smallest absolute Gasteiger partial charge is 0.150 e. The lowest BCUT2D eigenvalue weighted by atomic mass is 9.94. The van der Waals surface area contributed by atoms with Crippen LogP contribution in [-0.2, 0) is 4.74 Å². The van der Waals surface area contributed by atoms with Crippen LogP contribution in [0.25, 0.3) is 0 Å². The number of piperazine rings is 1. The molecular formula is C14H22N4O2. The van der Waals surface area contributed by atoms with Gasteiger partial charge in [-0.25, -0.2) is 4.98 Å². The third-order valence-electron chi connectivity index (χ3n) is 4.32. The van der Waals surface area contributed by atoms with Gasteiger partial charge < -0.3 is 14.7 Å². The van der Waals surface area contributed by atoms with Crippen LogP contribution < -0.4 is 4.90 Å².